The Morgan fingerprint density at radius 2 is 1.53 bits per heavy atom. The van der Waals surface area contributed by atoms with Crippen LogP contribution in [0.15, 0.2) is 18.2 Å². The zero-order valence-corrected chi connectivity index (χ0v) is 18.8. The van der Waals surface area contributed by atoms with Gasteiger partial charge in [0.1, 0.15) is 26.2 Å². The van der Waals surface area contributed by atoms with Gasteiger partial charge in [0.15, 0.2) is 13.1 Å². The summed E-state index contributed by atoms with van der Waals surface area (Å²) in [5.41, 5.74) is 3.04. The Labute approximate surface area is 179 Å². The Morgan fingerprint density at radius 3 is 2.10 bits per heavy atom. The van der Waals surface area contributed by atoms with Crippen molar-refractivity contribution in [2.24, 2.45) is 0 Å². The van der Waals surface area contributed by atoms with E-state index in [0.29, 0.717) is 19.6 Å². The van der Waals surface area contributed by atoms with Crippen molar-refractivity contribution < 1.29 is 24.2 Å². The Bertz CT molecular complexity index is 724. The maximum Gasteiger partial charge on any atom is 0.279 e. The number of aryl methyl sites for hydroxylation is 2. The van der Waals surface area contributed by atoms with Gasteiger partial charge in [0.05, 0.1) is 6.54 Å². The topological polar surface area (TPSA) is 87.4 Å². The van der Waals surface area contributed by atoms with Crippen LogP contribution in [0.4, 0.5) is 5.69 Å². The van der Waals surface area contributed by atoms with Crippen LogP contribution in [0.2, 0.25) is 0 Å². The van der Waals surface area contributed by atoms with Crippen molar-refractivity contribution in [1.82, 2.24) is 10.2 Å². The predicted molar refractivity (Wildman–Crippen MR) is 117 cm³/mol. The zero-order valence-electron chi connectivity index (χ0n) is 18.8. The molecule has 1 saturated heterocycles. The number of carbonyl (C=O) groups excluding carboxylic acids is 3. The number of rotatable bonds is 9. The summed E-state index contributed by atoms with van der Waals surface area (Å²) in [6.45, 7) is 10.9. The maximum absolute atomic E-state index is 12.5. The second-order valence-electron chi connectivity index (χ2n) is 8.27. The van der Waals surface area contributed by atoms with E-state index < -0.39 is 0 Å². The molecule has 1 aliphatic rings. The van der Waals surface area contributed by atoms with Crippen LogP contribution in [-0.4, -0.2) is 82.0 Å². The SMILES string of the molecule is CCCNC(=O)CN(C)C(=O)C[NH+]1CC[NH+](CC(=O)Nc2c(C)cccc2C)CC1. The van der Waals surface area contributed by atoms with E-state index in [1.165, 1.54) is 14.7 Å². The first-order valence-electron chi connectivity index (χ1n) is 10.8. The van der Waals surface area contributed by atoms with Gasteiger partial charge in [-0.2, -0.15) is 0 Å². The molecule has 0 saturated carbocycles. The van der Waals surface area contributed by atoms with Crippen LogP contribution in [-0.2, 0) is 14.4 Å². The molecule has 0 radical (unpaired) electrons. The van der Waals surface area contributed by atoms with Crippen molar-refractivity contribution in [2.75, 3.05) is 64.7 Å². The highest BCUT2D eigenvalue weighted by molar-refractivity contribution is 5.93. The van der Waals surface area contributed by atoms with Crippen LogP contribution in [0.25, 0.3) is 0 Å². The van der Waals surface area contributed by atoms with Gasteiger partial charge in [0.25, 0.3) is 11.8 Å². The molecule has 0 atom stereocenters. The van der Waals surface area contributed by atoms with E-state index in [-0.39, 0.29) is 24.3 Å². The maximum atomic E-state index is 12.5. The summed E-state index contributed by atoms with van der Waals surface area (Å²) in [5, 5.41) is 5.84. The molecule has 0 aliphatic carbocycles. The van der Waals surface area contributed by atoms with Gasteiger partial charge in [0, 0.05) is 19.3 Å². The summed E-state index contributed by atoms with van der Waals surface area (Å²) in [6, 6.07) is 5.99. The number of benzene rings is 1. The van der Waals surface area contributed by atoms with Gasteiger partial charge in [-0.05, 0) is 31.4 Å². The molecule has 3 amide bonds. The van der Waals surface area contributed by atoms with Gasteiger partial charge in [-0.1, -0.05) is 25.1 Å². The number of nitrogens with zero attached hydrogens (tertiary/aromatic N) is 1. The average molecular weight is 420 g/mol. The predicted octanol–water partition coefficient (Wildman–Crippen LogP) is -1.99. The summed E-state index contributed by atoms with van der Waals surface area (Å²) >= 11 is 0. The quantitative estimate of drug-likeness (QED) is 0.374. The lowest BCUT2D eigenvalue weighted by molar-refractivity contribution is -1.00. The number of hydrogen-bond donors (Lipinski definition) is 4. The van der Waals surface area contributed by atoms with Gasteiger partial charge < -0.3 is 25.3 Å². The Hall–Kier alpha value is -2.45. The van der Waals surface area contributed by atoms with Crippen molar-refractivity contribution in [3.8, 4) is 0 Å². The molecule has 166 valence electrons. The van der Waals surface area contributed by atoms with E-state index in [1.54, 1.807) is 7.05 Å². The lowest BCUT2D eigenvalue weighted by Crippen LogP contribution is -3.28. The molecule has 2 rings (SSSR count). The van der Waals surface area contributed by atoms with E-state index in [1.807, 2.05) is 39.0 Å². The fourth-order valence-electron chi connectivity index (χ4n) is 3.71. The molecule has 1 fully saturated rings. The van der Waals surface area contributed by atoms with E-state index >= 15 is 0 Å². The minimum Gasteiger partial charge on any atom is -0.355 e. The number of amides is 3. The van der Waals surface area contributed by atoms with E-state index in [2.05, 4.69) is 10.6 Å². The fourth-order valence-corrected chi connectivity index (χ4v) is 3.71. The summed E-state index contributed by atoms with van der Waals surface area (Å²) < 4.78 is 0. The van der Waals surface area contributed by atoms with Crippen molar-refractivity contribution in [2.45, 2.75) is 27.2 Å². The van der Waals surface area contributed by atoms with Crippen molar-refractivity contribution in [1.29, 1.82) is 0 Å². The molecule has 30 heavy (non-hydrogen) atoms. The molecular formula is C22H37N5O3+2. The number of piperazine rings is 1. The Kier molecular flexibility index (Phi) is 9.26. The largest absolute Gasteiger partial charge is 0.355 e. The third kappa shape index (κ3) is 7.42. The molecule has 0 unspecified atom stereocenters. The van der Waals surface area contributed by atoms with E-state index in [4.69, 9.17) is 0 Å². The number of anilines is 1. The highest BCUT2D eigenvalue weighted by atomic mass is 16.2. The van der Waals surface area contributed by atoms with Gasteiger partial charge in [-0.25, -0.2) is 0 Å². The normalized spacial score (nSPS) is 18.5. The van der Waals surface area contributed by atoms with Crippen LogP contribution >= 0.6 is 0 Å². The molecule has 0 spiro atoms. The summed E-state index contributed by atoms with van der Waals surface area (Å²) in [7, 11) is 1.67. The Morgan fingerprint density at radius 1 is 0.967 bits per heavy atom. The first-order chi connectivity index (χ1) is 14.3. The molecule has 1 aliphatic heterocycles. The van der Waals surface area contributed by atoms with Crippen molar-refractivity contribution in [3.63, 3.8) is 0 Å². The molecule has 8 heteroatoms. The zero-order chi connectivity index (χ0) is 22.1. The van der Waals surface area contributed by atoms with Crippen molar-refractivity contribution >= 4 is 23.4 Å². The number of carbonyl (C=O) groups is 3. The van der Waals surface area contributed by atoms with E-state index in [9.17, 15) is 14.4 Å². The highest BCUT2D eigenvalue weighted by Gasteiger charge is 2.27. The monoisotopic (exact) mass is 419 g/mol. The minimum atomic E-state index is -0.119. The third-order valence-electron chi connectivity index (χ3n) is 5.60. The summed E-state index contributed by atoms with van der Waals surface area (Å²) in [6.07, 6.45) is 0.878. The van der Waals surface area contributed by atoms with Crippen molar-refractivity contribution in [3.05, 3.63) is 29.3 Å². The Balaban J connectivity index is 1.72. The van der Waals surface area contributed by atoms with Crippen LogP contribution < -0.4 is 20.4 Å². The van der Waals surface area contributed by atoms with E-state index in [0.717, 1.165) is 49.4 Å². The number of hydrogen-bond acceptors (Lipinski definition) is 3. The second kappa shape index (κ2) is 11.7. The van der Waals surface area contributed by atoms with Crippen LogP contribution in [0, 0.1) is 13.8 Å². The molecule has 4 N–H and O–H groups in total. The number of quaternary nitrogens is 2. The summed E-state index contributed by atoms with van der Waals surface area (Å²) in [5.74, 6) is -0.112. The molecule has 8 nitrogen and oxygen atoms in total. The lowest BCUT2D eigenvalue weighted by atomic mass is 10.1. The minimum absolute atomic E-state index is 0.0205. The highest BCUT2D eigenvalue weighted by Crippen LogP contribution is 2.18. The number of likely N-dealkylation sites (N-methyl/N-ethyl adjacent to an activating group) is 1. The standard InChI is InChI=1S/C22H35N5O3/c1-5-9-23-19(28)14-25(4)21(30)16-27-12-10-26(11-13-27)15-20(29)24-22-17(2)7-6-8-18(22)3/h6-8H,5,9-16H2,1-4H3,(H,23,28)(H,24,29)/p+2. The van der Waals surface area contributed by atoms with Gasteiger partial charge >= 0.3 is 0 Å². The first kappa shape index (κ1) is 23.8. The molecule has 0 aromatic heterocycles. The number of para-hydroxylation sites is 1. The average Bonchev–Trinajstić information content (AvgIpc) is 2.70. The summed E-state index contributed by atoms with van der Waals surface area (Å²) in [4.78, 5) is 40.6. The van der Waals surface area contributed by atoms with Crippen LogP contribution in [0.1, 0.15) is 24.5 Å². The van der Waals surface area contributed by atoms with Gasteiger partial charge in [0.2, 0.25) is 5.91 Å². The molecule has 1 aromatic rings. The van der Waals surface area contributed by atoms with Crippen LogP contribution in [0.3, 0.4) is 0 Å². The molecule has 0 bridgehead atoms. The number of nitrogens with one attached hydrogen (secondary N) is 4. The third-order valence-corrected chi connectivity index (χ3v) is 5.60. The van der Waals surface area contributed by atoms with Crippen LogP contribution in [0.5, 0.6) is 0 Å². The van der Waals surface area contributed by atoms with Gasteiger partial charge in [-0.15, -0.1) is 0 Å². The first-order valence-corrected chi connectivity index (χ1v) is 10.8. The fraction of sp³-hybridized carbons (Fsp3) is 0.591. The smallest absolute Gasteiger partial charge is 0.279 e. The molecule has 1 aromatic carbocycles. The molecular weight excluding hydrogens is 382 g/mol. The second-order valence-corrected chi connectivity index (χ2v) is 8.27. The molecule has 1 heterocycles. The lowest BCUT2D eigenvalue weighted by Gasteiger charge is -2.30. The van der Waals surface area contributed by atoms with Gasteiger partial charge in [-0.3, -0.25) is 14.4 Å².